The van der Waals surface area contributed by atoms with Gasteiger partial charge in [0.2, 0.25) is 0 Å². The van der Waals surface area contributed by atoms with E-state index in [-0.39, 0.29) is 23.5 Å². The molecular weight excluding hydrogens is 237 g/mol. The SMILES string of the molecule is CC1CC(NC(=O)c2ccc(O)cc2F)CCO1. The molecule has 2 atom stereocenters. The first-order chi connectivity index (χ1) is 8.56. The molecule has 0 saturated carbocycles. The van der Waals surface area contributed by atoms with Crippen molar-refractivity contribution in [2.45, 2.75) is 31.9 Å². The number of amides is 1. The third-order valence-corrected chi connectivity index (χ3v) is 3.02. The quantitative estimate of drug-likeness (QED) is 0.845. The summed E-state index contributed by atoms with van der Waals surface area (Å²) in [6, 6.07) is 3.52. The Balaban J connectivity index is 2.03. The van der Waals surface area contributed by atoms with Crippen molar-refractivity contribution in [2.24, 2.45) is 0 Å². The van der Waals surface area contributed by atoms with E-state index in [0.717, 1.165) is 18.9 Å². The maximum atomic E-state index is 13.5. The zero-order valence-corrected chi connectivity index (χ0v) is 10.1. The van der Waals surface area contributed by atoms with E-state index in [2.05, 4.69) is 5.32 Å². The molecule has 1 amide bonds. The van der Waals surface area contributed by atoms with E-state index >= 15 is 0 Å². The monoisotopic (exact) mass is 253 g/mol. The van der Waals surface area contributed by atoms with Gasteiger partial charge in [0.15, 0.2) is 0 Å². The third kappa shape index (κ3) is 2.98. The first-order valence-electron chi connectivity index (χ1n) is 5.97. The smallest absolute Gasteiger partial charge is 0.254 e. The van der Waals surface area contributed by atoms with Gasteiger partial charge in [-0.25, -0.2) is 4.39 Å². The number of phenols is 1. The Hall–Kier alpha value is -1.62. The number of carbonyl (C=O) groups is 1. The largest absolute Gasteiger partial charge is 0.508 e. The van der Waals surface area contributed by atoms with Crippen LogP contribution >= 0.6 is 0 Å². The third-order valence-electron chi connectivity index (χ3n) is 3.02. The molecule has 5 heteroatoms. The Kier molecular flexibility index (Phi) is 3.81. The maximum Gasteiger partial charge on any atom is 0.254 e. The van der Waals surface area contributed by atoms with Crippen LogP contribution in [-0.2, 0) is 4.74 Å². The highest BCUT2D eigenvalue weighted by Crippen LogP contribution is 2.17. The van der Waals surface area contributed by atoms with Gasteiger partial charge in [-0.15, -0.1) is 0 Å². The molecule has 98 valence electrons. The first kappa shape index (κ1) is 12.8. The average Bonchev–Trinajstić information content (AvgIpc) is 2.28. The lowest BCUT2D eigenvalue weighted by atomic mass is 10.0. The Morgan fingerprint density at radius 3 is 3.00 bits per heavy atom. The number of hydrogen-bond acceptors (Lipinski definition) is 3. The second kappa shape index (κ2) is 5.35. The summed E-state index contributed by atoms with van der Waals surface area (Å²) >= 11 is 0. The second-order valence-corrected chi connectivity index (χ2v) is 4.54. The average molecular weight is 253 g/mol. The highest BCUT2D eigenvalue weighted by atomic mass is 19.1. The molecule has 18 heavy (non-hydrogen) atoms. The molecule has 2 unspecified atom stereocenters. The summed E-state index contributed by atoms with van der Waals surface area (Å²) in [4.78, 5) is 11.9. The van der Waals surface area contributed by atoms with Crippen LogP contribution in [-0.4, -0.2) is 29.8 Å². The summed E-state index contributed by atoms with van der Waals surface area (Å²) in [5.74, 6) is -1.36. The number of rotatable bonds is 2. The highest BCUT2D eigenvalue weighted by molar-refractivity contribution is 5.94. The van der Waals surface area contributed by atoms with Crippen molar-refractivity contribution in [3.8, 4) is 5.75 Å². The minimum atomic E-state index is -0.715. The first-order valence-corrected chi connectivity index (χ1v) is 5.97. The van der Waals surface area contributed by atoms with E-state index in [4.69, 9.17) is 9.84 Å². The molecule has 1 saturated heterocycles. The number of carbonyl (C=O) groups excluding carboxylic acids is 1. The Morgan fingerprint density at radius 2 is 2.33 bits per heavy atom. The summed E-state index contributed by atoms with van der Waals surface area (Å²) in [6.45, 7) is 2.55. The van der Waals surface area contributed by atoms with Gasteiger partial charge in [0, 0.05) is 18.7 Å². The molecule has 2 rings (SSSR count). The molecule has 1 aromatic carbocycles. The van der Waals surface area contributed by atoms with Crippen LogP contribution in [0.4, 0.5) is 4.39 Å². The molecular formula is C13H16FNO3. The van der Waals surface area contributed by atoms with Gasteiger partial charge in [-0.05, 0) is 31.9 Å². The standard InChI is InChI=1S/C13H16FNO3/c1-8-6-9(4-5-18-8)15-13(17)11-3-2-10(16)7-12(11)14/h2-3,7-9,16H,4-6H2,1H3,(H,15,17). The van der Waals surface area contributed by atoms with Gasteiger partial charge >= 0.3 is 0 Å². The van der Waals surface area contributed by atoms with E-state index in [0.29, 0.717) is 6.61 Å². The van der Waals surface area contributed by atoms with Crippen molar-refractivity contribution in [2.75, 3.05) is 6.61 Å². The van der Waals surface area contributed by atoms with Gasteiger partial charge in [0.25, 0.3) is 5.91 Å². The summed E-state index contributed by atoms with van der Waals surface area (Å²) in [7, 11) is 0. The molecule has 0 aromatic heterocycles. The van der Waals surface area contributed by atoms with Crippen molar-refractivity contribution >= 4 is 5.91 Å². The van der Waals surface area contributed by atoms with Crippen LogP contribution in [0.15, 0.2) is 18.2 Å². The minimum absolute atomic E-state index is 0.00875. The normalized spacial score (nSPS) is 23.7. The fourth-order valence-corrected chi connectivity index (χ4v) is 2.08. The van der Waals surface area contributed by atoms with Crippen LogP contribution in [0.25, 0.3) is 0 Å². The van der Waals surface area contributed by atoms with Crippen LogP contribution in [0.2, 0.25) is 0 Å². The molecule has 1 heterocycles. The molecule has 4 nitrogen and oxygen atoms in total. The van der Waals surface area contributed by atoms with Crippen molar-refractivity contribution < 1.29 is 19.0 Å². The zero-order valence-electron chi connectivity index (χ0n) is 10.1. The molecule has 0 bridgehead atoms. The van der Waals surface area contributed by atoms with E-state index in [1.165, 1.54) is 12.1 Å². The Bertz CT molecular complexity index is 450. The Labute approximate surface area is 105 Å². The number of nitrogens with one attached hydrogen (secondary N) is 1. The van der Waals surface area contributed by atoms with Gasteiger partial charge in [-0.3, -0.25) is 4.79 Å². The van der Waals surface area contributed by atoms with Gasteiger partial charge < -0.3 is 15.2 Å². The summed E-state index contributed by atoms with van der Waals surface area (Å²) in [6.07, 6.45) is 1.56. The molecule has 1 aromatic rings. The van der Waals surface area contributed by atoms with Crippen LogP contribution < -0.4 is 5.32 Å². The Morgan fingerprint density at radius 1 is 1.56 bits per heavy atom. The molecule has 1 aliphatic rings. The second-order valence-electron chi connectivity index (χ2n) is 4.54. The van der Waals surface area contributed by atoms with Gasteiger partial charge in [-0.1, -0.05) is 0 Å². The van der Waals surface area contributed by atoms with Crippen molar-refractivity contribution in [1.29, 1.82) is 0 Å². The zero-order chi connectivity index (χ0) is 13.1. The minimum Gasteiger partial charge on any atom is -0.508 e. The topological polar surface area (TPSA) is 58.6 Å². The lowest BCUT2D eigenvalue weighted by molar-refractivity contribution is 0.0136. The lowest BCUT2D eigenvalue weighted by Crippen LogP contribution is -2.41. The molecule has 0 spiro atoms. The van der Waals surface area contributed by atoms with E-state index in [9.17, 15) is 9.18 Å². The number of aromatic hydroxyl groups is 1. The number of benzene rings is 1. The van der Waals surface area contributed by atoms with Crippen LogP contribution in [0.3, 0.4) is 0 Å². The maximum absolute atomic E-state index is 13.5. The predicted octanol–water partition coefficient (Wildman–Crippen LogP) is 1.83. The molecule has 0 aliphatic carbocycles. The fraction of sp³-hybridized carbons (Fsp3) is 0.462. The van der Waals surface area contributed by atoms with Crippen molar-refractivity contribution in [3.05, 3.63) is 29.6 Å². The summed E-state index contributed by atoms with van der Waals surface area (Å²) in [5, 5.41) is 11.9. The highest BCUT2D eigenvalue weighted by Gasteiger charge is 2.22. The van der Waals surface area contributed by atoms with Crippen molar-refractivity contribution in [3.63, 3.8) is 0 Å². The van der Waals surface area contributed by atoms with Crippen LogP contribution in [0, 0.1) is 5.82 Å². The number of halogens is 1. The van der Waals surface area contributed by atoms with Crippen molar-refractivity contribution in [1.82, 2.24) is 5.32 Å². The molecule has 2 N–H and O–H groups in total. The van der Waals surface area contributed by atoms with Gasteiger partial charge in [0.1, 0.15) is 11.6 Å². The molecule has 1 fully saturated rings. The predicted molar refractivity (Wildman–Crippen MR) is 64.0 cm³/mol. The summed E-state index contributed by atoms with van der Waals surface area (Å²) in [5.41, 5.74) is -0.0491. The van der Waals surface area contributed by atoms with Gasteiger partial charge in [-0.2, -0.15) is 0 Å². The molecule has 1 aliphatic heterocycles. The lowest BCUT2D eigenvalue weighted by Gasteiger charge is -2.27. The van der Waals surface area contributed by atoms with Crippen LogP contribution in [0.1, 0.15) is 30.1 Å². The van der Waals surface area contributed by atoms with Gasteiger partial charge in [0.05, 0.1) is 11.7 Å². The van der Waals surface area contributed by atoms with E-state index < -0.39 is 11.7 Å². The van der Waals surface area contributed by atoms with E-state index in [1.807, 2.05) is 6.92 Å². The number of phenolic OH excluding ortho intramolecular Hbond substituents is 1. The van der Waals surface area contributed by atoms with E-state index in [1.54, 1.807) is 0 Å². The summed E-state index contributed by atoms with van der Waals surface area (Å²) < 4.78 is 18.9. The molecule has 0 radical (unpaired) electrons. The van der Waals surface area contributed by atoms with Crippen LogP contribution in [0.5, 0.6) is 5.75 Å². The number of ether oxygens (including phenoxy) is 1. The fourth-order valence-electron chi connectivity index (χ4n) is 2.08. The number of hydrogen-bond donors (Lipinski definition) is 2.